The van der Waals surface area contributed by atoms with Crippen molar-refractivity contribution in [3.8, 4) is 11.3 Å². The van der Waals surface area contributed by atoms with Crippen molar-refractivity contribution in [3.05, 3.63) is 41.8 Å². The average molecular weight is 446 g/mol. The summed E-state index contributed by atoms with van der Waals surface area (Å²) in [4.78, 5) is 27.1. The Bertz CT molecular complexity index is 898. The van der Waals surface area contributed by atoms with Gasteiger partial charge in [-0.25, -0.2) is 4.39 Å². The summed E-state index contributed by atoms with van der Waals surface area (Å²) in [5, 5.41) is 6.83. The molecule has 7 nitrogen and oxygen atoms in total. The van der Waals surface area contributed by atoms with Crippen LogP contribution in [-0.4, -0.2) is 45.1 Å². The van der Waals surface area contributed by atoms with Crippen molar-refractivity contribution in [1.82, 2.24) is 20.0 Å². The lowest BCUT2D eigenvalue weighted by atomic mass is 9.86. The van der Waals surface area contributed by atoms with Gasteiger partial charge in [0.15, 0.2) is 5.82 Å². The first-order valence-corrected chi connectivity index (χ1v) is 11.2. The Kier molecular flexibility index (Phi) is 8.55. The minimum Gasteiger partial charge on any atom is -0.350 e. The van der Waals surface area contributed by atoms with Gasteiger partial charge in [-0.1, -0.05) is 58.9 Å². The summed E-state index contributed by atoms with van der Waals surface area (Å²) in [6.07, 6.45) is 2.60. The highest BCUT2D eigenvalue weighted by Crippen LogP contribution is 2.25. The van der Waals surface area contributed by atoms with Crippen LogP contribution in [-0.2, 0) is 23.2 Å². The molecule has 0 aliphatic carbocycles. The van der Waals surface area contributed by atoms with Crippen LogP contribution >= 0.6 is 0 Å². The Morgan fingerprint density at radius 3 is 2.41 bits per heavy atom. The number of halogens is 1. The molecule has 1 aliphatic heterocycles. The summed E-state index contributed by atoms with van der Waals surface area (Å²) >= 11 is 0. The lowest BCUT2D eigenvalue weighted by Crippen LogP contribution is -2.54. The molecule has 32 heavy (non-hydrogen) atoms. The largest absolute Gasteiger partial charge is 0.350 e. The van der Waals surface area contributed by atoms with Gasteiger partial charge in [0.2, 0.25) is 11.8 Å². The minimum atomic E-state index is -0.647. The fourth-order valence-corrected chi connectivity index (χ4v) is 3.68. The number of hydrogen-bond acceptors (Lipinski definition) is 4. The van der Waals surface area contributed by atoms with Crippen molar-refractivity contribution >= 4 is 11.8 Å². The SMILES string of the molecule is CC.Cn1ncc(F)c1-c1ccc(CNC(=O)C2CCCN2C(=O)C(N)C(C)(C)C)cc1. The van der Waals surface area contributed by atoms with Gasteiger partial charge >= 0.3 is 0 Å². The Labute approximate surface area is 190 Å². The fraction of sp³-hybridized carbons (Fsp3) is 0.542. The number of nitrogens with one attached hydrogen (secondary N) is 1. The van der Waals surface area contributed by atoms with Crippen molar-refractivity contribution in [2.75, 3.05) is 6.54 Å². The van der Waals surface area contributed by atoms with Crippen LogP contribution in [0.25, 0.3) is 11.3 Å². The lowest BCUT2D eigenvalue weighted by Gasteiger charge is -2.32. The average Bonchev–Trinajstić information content (AvgIpc) is 3.39. The van der Waals surface area contributed by atoms with Gasteiger partial charge < -0.3 is 16.0 Å². The fourth-order valence-electron chi connectivity index (χ4n) is 3.68. The number of likely N-dealkylation sites (tertiary alicyclic amines) is 1. The highest BCUT2D eigenvalue weighted by molar-refractivity contribution is 5.90. The van der Waals surface area contributed by atoms with E-state index in [-0.39, 0.29) is 23.0 Å². The van der Waals surface area contributed by atoms with Gasteiger partial charge in [-0.05, 0) is 23.8 Å². The number of nitrogens with zero attached hydrogens (tertiary/aromatic N) is 3. The van der Waals surface area contributed by atoms with E-state index in [1.807, 2.05) is 46.8 Å². The van der Waals surface area contributed by atoms with Crippen molar-refractivity contribution in [2.24, 2.45) is 18.2 Å². The topological polar surface area (TPSA) is 93.2 Å². The van der Waals surface area contributed by atoms with Crippen LogP contribution in [0.5, 0.6) is 0 Å². The third-order valence-corrected chi connectivity index (χ3v) is 5.63. The molecular formula is C24H36FN5O2. The van der Waals surface area contributed by atoms with E-state index in [2.05, 4.69) is 10.4 Å². The van der Waals surface area contributed by atoms with E-state index >= 15 is 0 Å². The Morgan fingerprint density at radius 2 is 1.88 bits per heavy atom. The summed E-state index contributed by atoms with van der Waals surface area (Å²) in [6.45, 7) is 10.6. The first kappa shape index (κ1) is 25.5. The van der Waals surface area contributed by atoms with E-state index in [0.717, 1.165) is 12.0 Å². The molecule has 0 bridgehead atoms. The molecule has 0 spiro atoms. The molecule has 3 rings (SSSR count). The summed E-state index contributed by atoms with van der Waals surface area (Å²) in [5.74, 6) is -0.732. The summed E-state index contributed by atoms with van der Waals surface area (Å²) < 4.78 is 15.4. The second kappa shape index (κ2) is 10.7. The van der Waals surface area contributed by atoms with Gasteiger partial charge in [-0.15, -0.1) is 0 Å². The number of amides is 2. The maximum atomic E-state index is 13.9. The second-order valence-electron chi connectivity index (χ2n) is 8.91. The van der Waals surface area contributed by atoms with Gasteiger partial charge in [0.1, 0.15) is 11.7 Å². The number of nitrogens with two attached hydrogens (primary N) is 1. The molecule has 1 fully saturated rings. The first-order chi connectivity index (χ1) is 15.1. The summed E-state index contributed by atoms with van der Waals surface area (Å²) in [6, 6.07) is 6.15. The van der Waals surface area contributed by atoms with E-state index in [1.165, 1.54) is 10.9 Å². The minimum absolute atomic E-state index is 0.177. The molecule has 2 aromatic rings. The highest BCUT2D eigenvalue weighted by atomic mass is 19.1. The van der Waals surface area contributed by atoms with Crippen molar-refractivity contribution in [3.63, 3.8) is 0 Å². The monoisotopic (exact) mass is 445 g/mol. The molecule has 0 radical (unpaired) electrons. The van der Waals surface area contributed by atoms with Gasteiger partial charge in [-0.3, -0.25) is 14.3 Å². The van der Waals surface area contributed by atoms with Crippen LogP contribution in [0, 0.1) is 11.2 Å². The smallest absolute Gasteiger partial charge is 0.243 e. The standard InChI is InChI=1S/C22H30FN5O2.C2H6/c1-22(2,3)19(24)21(30)28-11-5-6-17(28)20(29)25-12-14-7-9-15(10-8-14)18-16(23)13-26-27(18)4;1-2/h7-10,13,17,19H,5-6,11-12,24H2,1-4H3,(H,25,29);1-2H3. The molecule has 2 atom stereocenters. The molecule has 2 heterocycles. The third kappa shape index (κ3) is 5.73. The van der Waals surface area contributed by atoms with Gasteiger partial charge in [0.25, 0.3) is 0 Å². The van der Waals surface area contributed by atoms with Crippen LogP contribution in [0.1, 0.15) is 53.0 Å². The molecule has 1 aromatic carbocycles. The zero-order chi connectivity index (χ0) is 24.1. The molecule has 1 saturated heterocycles. The molecule has 0 saturated carbocycles. The van der Waals surface area contributed by atoms with Crippen molar-refractivity contribution < 1.29 is 14.0 Å². The highest BCUT2D eigenvalue weighted by Gasteiger charge is 2.39. The second-order valence-corrected chi connectivity index (χ2v) is 8.91. The molecule has 2 amide bonds. The Morgan fingerprint density at radius 1 is 1.25 bits per heavy atom. The van der Waals surface area contributed by atoms with Crippen LogP contribution in [0.15, 0.2) is 30.5 Å². The number of carbonyl (C=O) groups is 2. The van der Waals surface area contributed by atoms with Crippen LogP contribution in [0.2, 0.25) is 0 Å². The molecule has 1 aromatic heterocycles. The van der Waals surface area contributed by atoms with E-state index in [4.69, 9.17) is 5.73 Å². The number of benzene rings is 1. The van der Waals surface area contributed by atoms with E-state index < -0.39 is 12.1 Å². The van der Waals surface area contributed by atoms with Gasteiger partial charge in [0, 0.05) is 25.7 Å². The molecule has 8 heteroatoms. The predicted octanol–water partition coefficient (Wildman–Crippen LogP) is 3.23. The molecule has 1 aliphatic rings. The first-order valence-electron chi connectivity index (χ1n) is 11.2. The Hall–Kier alpha value is -2.74. The van der Waals surface area contributed by atoms with E-state index in [0.29, 0.717) is 30.8 Å². The number of hydrogen-bond donors (Lipinski definition) is 2. The third-order valence-electron chi connectivity index (χ3n) is 5.63. The van der Waals surface area contributed by atoms with Crippen molar-refractivity contribution in [2.45, 2.75) is 66.1 Å². The van der Waals surface area contributed by atoms with Crippen LogP contribution in [0.4, 0.5) is 4.39 Å². The quantitative estimate of drug-likeness (QED) is 0.739. The molecular weight excluding hydrogens is 409 g/mol. The van der Waals surface area contributed by atoms with Crippen LogP contribution < -0.4 is 11.1 Å². The number of aryl methyl sites for hydroxylation is 1. The molecule has 2 unspecified atom stereocenters. The van der Waals surface area contributed by atoms with E-state index in [1.54, 1.807) is 24.1 Å². The number of carbonyl (C=O) groups excluding carboxylic acids is 2. The van der Waals surface area contributed by atoms with Gasteiger partial charge in [-0.2, -0.15) is 5.10 Å². The maximum Gasteiger partial charge on any atom is 0.243 e. The summed E-state index contributed by atoms with van der Waals surface area (Å²) in [7, 11) is 1.69. The number of aromatic nitrogens is 2. The lowest BCUT2D eigenvalue weighted by molar-refractivity contribution is -0.141. The van der Waals surface area contributed by atoms with E-state index in [9.17, 15) is 14.0 Å². The van der Waals surface area contributed by atoms with Gasteiger partial charge in [0.05, 0.1) is 12.2 Å². The Balaban J connectivity index is 0.00000176. The molecule has 3 N–H and O–H groups in total. The van der Waals surface area contributed by atoms with Crippen molar-refractivity contribution in [1.29, 1.82) is 0 Å². The normalized spacial score (nSPS) is 16.9. The molecule has 176 valence electrons. The zero-order valence-corrected chi connectivity index (χ0v) is 20.0. The number of rotatable bonds is 5. The van der Waals surface area contributed by atoms with Crippen LogP contribution in [0.3, 0.4) is 0 Å². The summed E-state index contributed by atoms with van der Waals surface area (Å²) in [5.41, 5.74) is 7.77. The maximum absolute atomic E-state index is 13.9. The zero-order valence-electron chi connectivity index (χ0n) is 20.0. The predicted molar refractivity (Wildman–Crippen MR) is 124 cm³/mol.